The van der Waals surface area contributed by atoms with Crippen molar-refractivity contribution < 1.29 is 9.84 Å². The highest BCUT2D eigenvalue weighted by atomic mass is 35.5. The van der Waals surface area contributed by atoms with Gasteiger partial charge in [-0.3, -0.25) is 0 Å². The Bertz CT molecular complexity index is 399. The molecule has 1 aromatic carbocycles. The average molecular weight is 287 g/mol. The summed E-state index contributed by atoms with van der Waals surface area (Å²) in [5, 5.41) is 13.4. The molecule has 0 aliphatic carbocycles. The summed E-state index contributed by atoms with van der Waals surface area (Å²) < 4.78 is 5.34. The van der Waals surface area contributed by atoms with E-state index in [1.54, 1.807) is 14.0 Å². The Hall–Kier alpha value is -0.810. The fraction of sp³-hybridized carbons (Fsp3) is 0.571. The van der Waals surface area contributed by atoms with Crippen LogP contribution in [0.4, 0.5) is 0 Å². The van der Waals surface area contributed by atoms with Crippen molar-refractivity contribution in [3.63, 3.8) is 0 Å². The largest absolute Gasteiger partial charge is 0.496 e. The molecule has 3 unspecified atom stereocenters. The lowest BCUT2D eigenvalue weighted by molar-refractivity contribution is 0.168. The molecule has 0 spiro atoms. The molecule has 0 aliphatic heterocycles. The van der Waals surface area contributed by atoms with Gasteiger partial charge in [0, 0.05) is 29.2 Å². The number of nitrogens with one attached hydrogen (secondary N) is 1. The summed E-state index contributed by atoms with van der Waals surface area (Å²) in [6.07, 6.45) is 0.303. The number of hydrogen-bond donors (Lipinski definition) is 3. The third-order valence-corrected chi connectivity index (χ3v) is 3.33. The topological polar surface area (TPSA) is 67.5 Å². The average Bonchev–Trinajstić information content (AvgIpc) is 2.35. The molecule has 0 bridgehead atoms. The maximum absolute atomic E-state index is 9.41. The molecule has 5 heteroatoms. The van der Waals surface area contributed by atoms with E-state index in [1.165, 1.54) is 0 Å². The first kappa shape index (κ1) is 16.2. The molecule has 19 heavy (non-hydrogen) atoms. The zero-order chi connectivity index (χ0) is 14.4. The van der Waals surface area contributed by atoms with Crippen LogP contribution < -0.4 is 15.8 Å². The van der Waals surface area contributed by atoms with Crippen LogP contribution in [0.2, 0.25) is 5.02 Å². The molecule has 0 saturated carbocycles. The third kappa shape index (κ3) is 4.66. The van der Waals surface area contributed by atoms with E-state index in [4.69, 9.17) is 22.1 Å². The lowest BCUT2D eigenvalue weighted by Crippen LogP contribution is -2.37. The zero-order valence-corrected chi connectivity index (χ0v) is 12.4. The molecule has 0 aliphatic rings. The molecular weight excluding hydrogens is 264 g/mol. The minimum absolute atomic E-state index is 0.0996. The molecule has 108 valence electrons. The SMILES string of the molecule is COc1cccc(Cl)c1C(CN)NC(C)CC(C)O. The fourth-order valence-corrected chi connectivity index (χ4v) is 2.52. The number of halogens is 1. The Kier molecular flexibility index (Phi) is 6.58. The minimum atomic E-state index is -0.353. The lowest BCUT2D eigenvalue weighted by Gasteiger charge is -2.25. The van der Waals surface area contributed by atoms with Crippen molar-refractivity contribution in [2.24, 2.45) is 5.73 Å². The standard InChI is InChI=1S/C14H23ClN2O2/c1-9(7-10(2)18)17-12(8-16)14-11(15)5-4-6-13(14)19-3/h4-6,9-10,12,17-18H,7-8,16H2,1-3H3. The van der Waals surface area contributed by atoms with Crippen LogP contribution in [-0.4, -0.2) is 30.9 Å². The summed E-state index contributed by atoms with van der Waals surface area (Å²) in [5.74, 6) is 0.722. The van der Waals surface area contributed by atoms with Gasteiger partial charge in [-0.05, 0) is 32.4 Å². The fourth-order valence-electron chi connectivity index (χ4n) is 2.23. The van der Waals surface area contributed by atoms with Crippen LogP contribution in [0, 0.1) is 0 Å². The van der Waals surface area contributed by atoms with Gasteiger partial charge in [-0.2, -0.15) is 0 Å². The van der Waals surface area contributed by atoms with Crippen molar-refractivity contribution in [1.29, 1.82) is 0 Å². The molecule has 0 radical (unpaired) electrons. The molecule has 3 atom stereocenters. The van der Waals surface area contributed by atoms with Crippen LogP contribution in [-0.2, 0) is 0 Å². The van der Waals surface area contributed by atoms with E-state index < -0.39 is 0 Å². The Balaban J connectivity index is 2.91. The molecule has 0 aromatic heterocycles. The van der Waals surface area contributed by atoms with Crippen molar-refractivity contribution >= 4 is 11.6 Å². The van der Waals surface area contributed by atoms with Crippen LogP contribution in [0.5, 0.6) is 5.75 Å². The first-order chi connectivity index (χ1) is 8.99. The highest BCUT2D eigenvalue weighted by molar-refractivity contribution is 6.31. The molecule has 1 rings (SSSR count). The van der Waals surface area contributed by atoms with Gasteiger partial charge in [-0.25, -0.2) is 0 Å². The summed E-state index contributed by atoms with van der Waals surface area (Å²) >= 11 is 6.25. The van der Waals surface area contributed by atoms with Gasteiger partial charge in [-0.15, -0.1) is 0 Å². The molecule has 1 aromatic rings. The summed E-state index contributed by atoms with van der Waals surface area (Å²) in [5.41, 5.74) is 6.70. The Morgan fingerprint density at radius 2 is 2.11 bits per heavy atom. The minimum Gasteiger partial charge on any atom is -0.496 e. The molecule has 0 amide bonds. The van der Waals surface area contributed by atoms with Gasteiger partial charge >= 0.3 is 0 Å². The molecular formula is C14H23ClN2O2. The van der Waals surface area contributed by atoms with Gasteiger partial charge in [0.25, 0.3) is 0 Å². The van der Waals surface area contributed by atoms with Crippen molar-refractivity contribution in [3.8, 4) is 5.75 Å². The van der Waals surface area contributed by atoms with Crippen LogP contribution >= 0.6 is 11.6 Å². The van der Waals surface area contributed by atoms with E-state index >= 15 is 0 Å². The van der Waals surface area contributed by atoms with Gasteiger partial charge in [0.2, 0.25) is 0 Å². The van der Waals surface area contributed by atoms with Gasteiger partial charge < -0.3 is 20.9 Å². The third-order valence-electron chi connectivity index (χ3n) is 3.00. The van der Waals surface area contributed by atoms with Crippen molar-refractivity contribution in [2.45, 2.75) is 38.5 Å². The van der Waals surface area contributed by atoms with E-state index in [9.17, 15) is 5.11 Å². The summed E-state index contributed by atoms with van der Waals surface area (Å²) in [7, 11) is 1.61. The summed E-state index contributed by atoms with van der Waals surface area (Å²) in [6.45, 7) is 4.19. The molecule has 0 fully saturated rings. The predicted molar refractivity (Wildman–Crippen MR) is 78.7 cm³/mol. The van der Waals surface area contributed by atoms with E-state index in [-0.39, 0.29) is 18.2 Å². The Morgan fingerprint density at radius 3 is 2.63 bits per heavy atom. The maximum Gasteiger partial charge on any atom is 0.125 e. The Morgan fingerprint density at radius 1 is 1.42 bits per heavy atom. The number of rotatable bonds is 7. The summed E-state index contributed by atoms with van der Waals surface area (Å²) in [4.78, 5) is 0. The van der Waals surface area contributed by atoms with Crippen LogP contribution in [0.15, 0.2) is 18.2 Å². The number of nitrogens with two attached hydrogens (primary N) is 1. The summed E-state index contributed by atoms with van der Waals surface area (Å²) in [6, 6.07) is 5.57. The molecule has 4 N–H and O–H groups in total. The highest BCUT2D eigenvalue weighted by Gasteiger charge is 2.20. The molecule has 4 nitrogen and oxygen atoms in total. The number of ether oxygens (including phenoxy) is 1. The number of hydrogen-bond acceptors (Lipinski definition) is 4. The number of aliphatic hydroxyl groups excluding tert-OH is 1. The molecule has 0 heterocycles. The number of methoxy groups -OCH3 is 1. The smallest absolute Gasteiger partial charge is 0.125 e. The van der Waals surface area contributed by atoms with Crippen molar-refractivity contribution in [2.75, 3.05) is 13.7 Å². The first-order valence-electron chi connectivity index (χ1n) is 6.46. The monoisotopic (exact) mass is 286 g/mol. The van der Waals surface area contributed by atoms with Crippen LogP contribution in [0.1, 0.15) is 31.9 Å². The second-order valence-electron chi connectivity index (χ2n) is 4.80. The van der Waals surface area contributed by atoms with Gasteiger partial charge in [0.1, 0.15) is 5.75 Å². The van der Waals surface area contributed by atoms with Crippen LogP contribution in [0.3, 0.4) is 0 Å². The van der Waals surface area contributed by atoms with Crippen molar-refractivity contribution in [1.82, 2.24) is 5.32 Å². The highest BCUT2D eigenvalue weighted by Crippen LogP contribution is 2.32. The van der Waals surface area contributed by atoms with Gasteiger partial charge in [0.15, 0.2) is 0 Å². The number of aliphatic hydroxyl groups is 1. The van der Waals surface area contributed by atoms with E-state index in [1.807, 2.05) is 25.1 Å². The second-order valence-corrected chi connectivity index (χ2v) is 5.20. The first-order valence-corrected chi connectivity index (χ1v) is 6.84. The number of benzene rings is 1. The normalized spacial score (nSPS) is 15.9. The van der Waals surface area contributed by atoms with E-state index in [0.29, 0.717) is 18.0 Å². The zero-order valence-electron chi connectivity index (χ0n) is 11.7. The van der Waals surface area contributed by atoms with Crippen LogP contribution in [0.25, 0.3) is 0 Å². The van der Waals surface area contributed by atoms with E-state index in [0.717, 1.165) is 11.3 Å². The quantitative estimate of drug-likeness (QED) is 0.718. The second kappa shape index (κ2) is 7.70. The molecule has 0 saturated heterocycles. The Labute approximate surface area is 119 Å². The van der Waals surface area contributed by atoms with Crippen molar-refractivity contribution in [3.05, 3.63) is 28.8 Å². The van der Waals surface area contributed by atoms with E-state index in [2.05, 4.69) is 5.32 Å². The lowest BCUT2D eigenvalue weighted by atomic mass is 10.0. The van der Waals surface area contributed by atoms with Gasteiger partial charge in [-0.1, -0.05) is 17.7 Å². The van der Waals surface area contributed by atoms with Gasteiger partial charge in [0.05, 0.1) is 13.2 Å². The predicted octanol–water partition coefficient (Wildman–Crippen LogP) is 2.10. The maximum atomic E-state index is 9.41.